The zero-order valence-electron chi connectivity index (χ0n) is 15.7. The molecule has 0 saturated carbocycles. The van der Waals surface area contributed by atoms with Crippen LogP contribution in [0, 0.1) is 0 Å². The molecule has 0 spiro atoms. The van der Waals surface area contributed by atoms with Crippen LogP contribution in [-0.4, -0.2) is 59.2 Å². The average molecular weight is 378 g/mol. The highest BCUT2D eigenvalue weighted by Crippen LogP contribution is 2.33. The molecule has 1 aliphatic rings. The molecule has 144 valence electrons. The summed E-state index contributed by atoms with van der Waals surface area (Å²) in [4.78, 5) is 25.1. The standard InChI is InChI=1S/C21H22N4O3/c1-28-20(27)17-13-15-5-2-3-6-16(15)18(19(17)26)14-24-9-11-25(12-10-24)21-22-7-4-8-23-21/h2-8,13,26H,9-12,14H2,1H3. The van der Waals surface area contributed by atoms with Gasteiger partial charge in [0.25, 0.3) is 0 Å². The molecule has 0 bridgehead atoms. The summed E-state index contributed by atoms with van der Waals surface area (Å²) >= 11 is 0. The van der Waals surface area contributed by atoms with E-state index >= 15 is 0 Å². The molecule has 1 aromatic heterocycles. The van der Waals surface area contributed by atoms with Gasteiger partial charge < -0.3 is 14.7 Å². The van der Waals surface area contributed by atoms with E-state index in [0.29, 0.717) is 6.54 Å². The Labute approximate surface area is 163 Å². The molecule has 2 heterocycles. The van der Waals surface area contributed by atoms with Gasteiger partial charge in [0.2, 0.25) is 5.95 Å². The van der Waals surface area contributed by atoms with Crippen LogP contribution in [0.4, 0.5) is 5.95 Å². The molecular weight excluding hydrogens is 356 g/mol. The van der Waals surface area contributed by atoms with E-state index < -0.39 is 5.97 Å². The molecule has 0 amide bonds. The van der Waals surface area contributed by atoms with Gasteiger partial charge in [0.05, 0.1) is 7.11 Å². The number of fused-ring (bicyclic) bond motifs is 1. The van der Waals surface area contributed by atoms with Gasteiger partial charge in [0.15, 0.2) is 0 Å². The molecule has 0 atom stereocenters. The number of hydrogen-bond acceptors (Lipinski definition) is 7. The maximum absolute atomic E-state index is 12.1. The summed E-state index contributed by atoms with van der Waals surface area (Å²) in [5, 5.41) is 12.6. The Morgan fingerprint density at radius 1 is 1.11 bits per heavy atom. The summed E-state index contributed by atoms with van der Waals surface area (Å²) < 4.78 is 4.84. The van der Waals surface area contributed by atoms with E-state index in [0.717, 1.165) is 48.5 Å². The van der Waals surface area contributed by atoms with E-state index in [1.165, 1.54) is 7.11 Å². The summed E-state index contributed by atoms with van der Waals surface area (Å²) in [6.07, 6.45) is 3.49. The number of anilines is 1. The Hall–Kier alpha value is -3.19. The Morgan fingerprint density at radius 3 is 2.54 bits per heavy atom. The van der Waals surface area contributed by atoms with Crippen molar-refractivity contribution in [2.24, 2.45) is 0 Å². The highest BCUT2D eigenvalue weighted by atomic mass is 16.5. The van der Waals surface area contributed by atoms with E-state index in [9.17, 15) is 9.90 Å². The predicted octanol–water partition coefficient (Wildman–Crippen LogP) is 2.44. The zero-order chi connectivity index (χ0) is 19.5. The highest BCUT2D eigenvalue weighted by molar-refractivity contribution is 6.00. The molecule has 0 radical (unpaired) electrons. The van der Waals surface area contributed by atoms with Crippen molar-refractivity contribution in [3.63, 3.8) is 0 Å². The van der Waals surface area contributed by atoms with Gasteiger partial charge in [-0.05, 0) is 22.9 Å². The summed E-state index contributed by atoms with van der Waals surface area (Å²) in [5.74, 6) is 0.207. The van der Waals surface area contributed by atoms with Crippen molar-refractivity contribution in [3.05, 3.63) is 59.9 Å². The molecule has 0 unspecified atom stereocenters. The van der Waals surface area contributed by atoms with Crippen LogP contribution >= 0.6 is 0 Å². The first-order valence-electron chi connectivity index (χ1n) is 9.23. The number of hydrogen-bond donors (Lipinski definition) is 1. The lowest BCUT2D eigenvalue weighted by Gasteiger charge is -2.35. The number of ether oxygens (including phenoxy) is 1. The fourth-order valence-electron chi connectivity index (χ4n) is 3.62. The first-order valence-corrected chi connectivity index (χ1v) is 9.23. The lowest BCUT2D eigenvalue weighted by atomic mass is 9.98. The number of phenols is 1. The molecule has 3 aromatic rings. The number of aromatic hydroxyl groups is 1. The van der Waals surface area contributed by atoms with E-state index in [1.54, 1.807) is 18.5 Å². The lowest BCUT2D eigenvalue weighted by Crippen LogP contribution is -2.46. The number of carbonyl (C=O) groups excluding carboxylic acids is 1. The molecule has 28 heavy (non-hydrogen) atoms. The van der Waals surface area contributed by atoms with Crippen LogP contribution in [-0.2, 0) is 11.3 Å². The normalized spacial score (nSPS) is 15.0. The number of esters is 1. The second-order valence-corrected chi connectivity index (χ2v) is 6.78. The van der Waals surface area contributed by atoms with Crippen molar-refractivity contribution in [2.75, 3.05) is 38.2 Å². The van der Waals surface area contributed by atoms with Crippen LogP contribution in [0.25, 0.3) is 10.8 Å². The smallest absolute Gasteiger partial charge is 0.341 e. The van der Waals surface area contributed by atoms with Crippen LogP contribution in [0.5, 0.6) is 5.75 Å². The van der Waals surface area contributed by atoms with E-state index in [2.05, 4.69) is 19.8 Å². The molecule has 7 nitrogen and oxygen atoms in total. The highest BCUT2D eigenvalue weighted by Gasteiger charge is 2.23. The maximum atomic E-state index is 12.1. The number of aromatic nitrogens is 2. The zero-order valence-corrected chi connectivity index (χ0v) is 15.7. The Balaban J connectivity index is 1.58. The van der Waals surface area contributed by atoms with Crippen molar-refractivity contribution >= 4 is 22.7 Å². The van der Waals surface area contributed by atoms with Gasteiger partial charge in [-0.2, -0.15) is 0 Å². The van der Waals surface area contributed by atoms with Crippen molar-refractivity contribution in [1.82, 2.24) is 14.9 Å². The molecule has 1 aliphatic heterocycles. The van der Waals surface area contributed by atoms with Gasteiger partial charge in [0.1, 0.15) is 11.3 Å². The SMILES string of the molecule is COC(=O)c1cc2ccccc2c(CN2CCN(c3ncccn3)CC2)c1O. The first kappa shape index (κ1) is 18.2. The quantitative estimate of drug-likeness (QED) is 0.699. The maximum Gasteiger partial charge on any atom is 0.341 e. The van der Waals surface area contributed by atoms with Gasteiger partial charge in [-0.15, -0.1) is 0 Å². The fraction of sp³-hybridized carbons (Fsp3) is 0.286. The second kappa shape index (κ2) is 7.82. The van der Waals surface area contributed by atoms with Crippen molar-refractivity contribution in [1.29, 1.82) is 0 Å². The van der Waals surface area contributed by atoms with E-state index in [4.69, 9.17) is 4.74 Å². The Morgan fingerprint density at radius 2 is 1.82 bits per heavy atom. The van der Waals surface area contributed by atoms with Crippen molar-refractivity contribution in [2.45, 2.75) is 6.54 Å². The van der Waals surface area contributed by atoms with Gasteiger partial charge in [-0.25, -0.2) is 14.8 Å². The lowest BCUT2D eigenvalue weighted by molar-refractivity contribution is 0.0597. The van der Waals surface area contributed by atoms with Crippen LogP contribution in [0.3, 0.4) is 0 Å². The molecule has 1 fully saturated rings. The Bertz CT molecular complexity index is 986. The minimum absolute atomic E-state index is 0.000581. The van der Waals surface area contributed by atoms with Gasteiger partial charge in [-0.1, -0.05) is 24.3 Å². The monoisotopic (exact) mass is 378 g/mol. The second-order valence-electron chi connectivity index (χ2n) is 6.78. The minimum atomic E-state index is -0.532. The summed E-state index contributed by atoms with van der Waals surface area (Å²) in [7, 11) is 1.32. The predicted molar refractivity (Wildman–Crippen MR) is 106 cm³/mol. The van der Waals surface area contributed by atoms with Gasteiger partial charge in [0, 0.05) is 50.7 Å². The third-order valence-corrected chi connectivity index (χ3v) is 5.12. The van der Waals surface area contributed by atoms with Crippen molar-refractivity contribution in [3.8, 4) is 5.75 Å². The molecule has 7 heteroatoms. The van der Waals surface area contributed by atoms with Gasteiger partial charge >= 0.3 is 5.97 Å². The third-order valence-electron chi connectivity index (χ3n) is 5.12. The summed E-state index contributed by atoms with van der Waals surface area (Å²) in [6, 6.07) is 11.3. The number of rotatable bonds is 4. The minimum Gasteiger partial charge on any atom is -0.507 e. The molecular formula is C21H22N4O3. The molecule has 4 rings (SSSR count). The fourth-order valence-corrected chi connectivity index (χ4v) is 3.62. The number of carbonyl (C=O) groups is 1. The topological polar surface area (TPSA) is 78.8 Å². The average Bonchev–Trinajstić information content (AvgIpc) is 2.76. The molecule has 0 aliphatic carbocycles. The van der Waals surface area contributed by atoms with Crippen molar-refractivity contribution < 1.29 is 14.6 Å². The van der Waals surface area contributed by atoms with Crippen LogP contribution < -0.4 is 4.90 Å². The largest absolute Gasteiger partial charge is 0.507 e. The number of phenolic OH excluding ortho intramolecular Hbond substituents is 1. The number of piperazine rings is 1. The Kier molecular flexibility index (Phi) is 5.08. The molecule has 2 aromatic carbocycles. The number of methoxy groups -OCH3 is 1. The third kappa shape index (κ3) is 3.48. The first-order chi connectivity index (χ1) is 13.7. The van der Waals surface area contributed by atoms with E-state index in [1.807, 2.05) is 30.3 Å². The number of benzene rings is 2. The van der Waals surface area contributed by atoms with Crippen LogP contribution in [0.2, 0.25) is 0 Å². The summed E-state index contributed by atoms with van der Waals surface area (Å²) in [5.41, 5.74) is 0.954. The van der Waals surface area contributed by atoms with Gasteiger partial charge in [-0.3, -0.25) is 4.90 Å². The van der Waals surface area contributed by atoms with E-state index in [-0.39, 0.29) is 11.3 Å². The summed E-state index contributed by atoms with van der Waals surface area (Å²) in [6.45, 7) is 3.79. The van der Waals surface area contributed by atoms with Crippen LogP contribution in [0.1, 0.15) is 15.9 Å². The number of nitrogens with zero attached hydrogens (tertiary/aromatic N) is 4. The molecule has 1 N–H and O–H groups in total. The molecule has 1 saturated heterocycles. The van der Waals surface area contributed by atoms with Crippen LogP contribution in [0.15, 0.2) is 48.8 Å².